The first-order valence-corrected chi connectivity index (χ1v) is 6.05. The lowest BCUT2D eigenvalue weighted by Crippen LogP contribution is -2.11. The van der Waals surface area contributed by atoms with E-state index in [-0.39, 0.29) is 5.78 Å². The van der Waals surface area contributed by atoms with Gasteiger partial charge in [-0.25, -0.2) is 0 Å². The lowest BCUT2D eigenvalue weighted by atomic mass is 10.1. The van der Waals surface area contributed by atoms with Crippen molar-refractivity contribution in [1.29, 1.82) is 0 Å². The molecule has 0 aromatic heterocycles. The summed E-state index contributed by atoms with van der Waals surface area (Å²) in [6.07, 6.45) is 1.04. The average Bonchev–Trinajstić information content (AvgIpc) is 2.78. The highest BCUT2D eigenvalue weighted by Crippen LogP contribution is 2.24. The number of halogens is 1. The third kappa shape index (κ3) is 3.20. The number of ketones is 1. The Morgan fingerprint density at radius 3 is 3.00 bits per heavy atom. The van der Waals surface area contributed by atoms with E-state index < -0.39 is 0 Å². The molecule has 1 saturated heterocycles. The van der Waals surface area contributed by atoms with Crippen LogP contribution in [-0.2, 0) is 4.74 Å². The Balaban J connectivity index is 1.97. The first kappa shape index (κ1) is 12.4. The highest BCUT2D eigenvalue weighted by atomic mass is 35.5. The lowest BCUT2D eigenvalue weighted by molar-refractivity contribution is 0.101. The van der Waals surface area contributed by atoms with Crippen LogP contribution in [0.3, 0.4) is 0 Å². The zero-order chi connectivity index (χ0) is 12.3. The van der Waals surface area contributed by atoms with Crippen molar-refractivity contribution in [2.75, 3.05) is 19.8 Å². The molecule has 92 valence electrons. The van der Waals surface area contributed by atoms with Gasteiger partial charge in [-0.1, -0.05) is 11.6 Å². The Morgan fingerprint density at radius 2 is 2.41 bits per heavy atom. The molecule has 1 unspecified atom stereocenters. The fourth-order valence-electron chi connectivity index (χ4n) is 1.80. The molecule has 1 heterocycles. The third-order valence-electron chi connectivity index (χ3n) is 2.83. The van der Waals surface area contributed by atoms with Crippen molar-refractivity contribution in [1.82, 2.24) is 0 Å². The molecule has 0 amide bonds. The van der Waals surface area contributed by atoms with Gasteiger partial charge >= 0.3 is 0 Å². The molecule has 0 aliphatic carbocycles. The van der Waals surface area contributed by atoms with Gasteiger partial charge in [-0.3, -0.25) is 4.79 Å². The van der Waals surface area contributed by atoms with Gasteiger partial charge in [-0.15, -0.1) is 0 Å². The van der Waals surface area contributed by atoms with Gasteiger partial charge in [0.2, 0.25) is 0 Å². The summed E-state index contributed by atoms with van der Waals surface area (Å²) in [5.41, 5.74) is 0.531. The molecule has 4 heteroatoms. The van der Waals surface area contributed by atoms with Crippen LogP contribution in [0.5, 0.6) is 5.75 Å². The molecule has 1 aliphatic heterocycles. The molecule has 1 atom stereocenters. The quantitative estimate of drug-likeness (QED) is 0.775. The highest BCUT2D eigenvalue weighted by Gasteiger charge is 2.16. The molecule has 3 nitrogen and oxygen atoms in total. The Kier molecular flexibility index (Phi) is 4.02. The van der Waals surface area contributed by atoms with E-state index in [1.165, 1.54) is 6.92 Å². The van der Waals surface area contributed by atoms with Crippen molar-refractivity contribution in [3.05, 3.63) is 28.8 Å². The highest BCUT2D eigenvalue weighted by molar-refractivity contribution is 6.34. The second-order valence-corrected chi connectivity index (χ2v) is 4.65. The summed E-state index contributed by atoms with van der Waals surface area (Å²) < 4.78 is 10.9. The molecule has 17 heavy (non-hydrogen) atoms. The molecule has 1 fully saturated rings. The van der Waals surface area contributed by atoms with Gasteiger partial charge in [0, 0.05) is 18.1 Å². The van der Waals surface area contributed by atoms with Crippen LogP contribution in [0.2, 0.25) is 5.02 Å². The van der Waals surface area contributed by atoms with Gasteiger partial charge < -0.3 is 9.47 Å². The first-order valence-electron chi connectivity index (χ1n) is 5.68. The SMILES string of the molecule is CC(=O)c1ccc(OCC2CCOC2)cc1Cl. The first-order chi connectivity index (χ1) is 8.16. The van der Waals surface area contributed by atoms with Crippen LogP contribution in [0.4, 0.5) is 0 Å². The number of benzene rings is 1. The number of rotatable bonds is 4. The van der Waals surface area contributed by atoms with E-state index in [0.717, 1.165) is 19.6 Å². The lowest BCUT2D eigenvalue weighted by Gasteiger charge is -2.11. The second-order valence-electron chi connectivity index (χ2n) is 4.24. The van der Waals surface area contributed by atoms with Crippen LogP contribution >= 0.6 is 11.6 Å². The molecule has 1 aromatic carbocycles. The smallest absolute Gasteiger partial charge is 0.161 e. The van der Waals surface area contributed by atoms with E-state index in [9.17, 15) is 4.79 Å². The van der Waals surface area contributed by atoms with Crippen molar-refractivity contribution in [3.8, 4) is 5.75 Å². The summed E-state index contributed by atoms with van der Waals surface area (Å²) in [6.45, 7) is 3.71. The van der Waals surface area contributed by atoms with E-state index in [1.807, 2.05) is 0 Å². The Labute approximate surface area is 106 Å². The van der Waals surface area contributed by atoms with Crippen molar-refractivity contribution >= 4 is 17.4 Å². The predicted octanol–water partition coefficient (Wildman–Crippen LogP) is 2.96. The number of hydrogen-bond acceptors (Lipinski definition) is 3. The topological polar surface area (TPSA) is 35.5 Å². The second kappa shape index (κ2) is 5.52. The van der Waals surface area contributed by atoms with Gasteiger partial charge in [-0.2, -0.15) is 0 Å². The fourth-order valence-corrected chi connectivity index (χ4v) is 2.10. The minimum atomic E-state index is -0.0363. The van der Waals surface area contributed by atoms with E-state index in [4.69, 9.17) is 21.1 Å². The van der Waals surface area contributed by atoms with Crippen LogP contribution in [0, 0.1) is 5.92 Å². The van der Waals surface area contributed by atoms with E-state index in [0.29, 0.717) is 28.9 Å². The number of carbonyl (C=O) groups excluding carboxylic acids is 1. The van der Waals surface area contributed by atoms with Crippen LogP contribution in [0.15, 0.2) is 18.2 Å². The molecule has 0 bridgehead atoms. The summed E-state index contributed by atoms with van der Waals surface area (Å²) in [4.78, 5) is 11.2. The predicted molar refractivity (Wildman–Crippen MR) is 65.9 cm³/mol. The summed E-state index contributed by atoms with van der Waals surface area (Å²) in [6, 6.07) is 5.16. The van der Waals surface area contributed by atoms with Crippen LogP contribution < -0.4 is 4.74 Å². The van der Waals surface area contributed by atoms with Crippen molar-refractivity contribution in [2.45, 2.75) is 13.3 Å². The molecule has 0 saturated carbocycles. The Hall–Kier alpha value is -1.06. The normalized spacial score (nSPS) is 19.3. The maximum absolute atomic E-state index is 11.2. The standard InChI is InChI=1S/C13H15ClO3/c1-9(15)12-3-2-11(6-13(12)14)17-8-10-4-5-16-7-10/h2-3,6,10H,4-5,7-8H2,1H3. The Morgan fingerprint density at radius 1 is 1.59 bits per heavy atom. The third-order valence-corrected chi connectivity index (χ3v) is 3.14. The van der Waals surface area contributed by atoms with Crippen molar-refractivity contribution < 1.29 is 14.3 Å². The zero-order valence-corrected chi connectivity index (χ0v) is 10.5. The minimum absolute atomic E-state index is 0.0363. The van der Waals surface area contributed by atoms with Gasteiger partial charge in [0.05, 0.1) is 18.2 Å². The van der Waals surface area contributed by atoms with Gasteiger partial charge in [0.1, 0.15) is 5.75 Å². The molecule has 0 spiro atoms. The van der Waals surface area contributed by atoms with Crippen molar-refractivity contribution in [2.24, 2.45) is 5.92 Å². The van der Waals surface area contributed by atoms with Crippen LogP contribution in [0.1, 0.15) is 23.7 Å². The summed E-state index contributed by atoms with van der Waals surface area (Å²) in [5, 5.41) is 0.442. The van der Waals surface area contributed by atoms with Crippen LogP contribution in [-0.4, -0.2) is 25.6 Å². The zero-order valence-electron chi connectivity index (χ0n) is 9.74. The van der Waals surface area contributed by atoms with E-state index in [1.54, 1.807) is 18.2 Å². The monoisotopic (exact) mass is 254 g/mol. The van der Waals surface area contributed by atoms with E-state index >= 15 is 0 Å². The average molecular weight is 255 g/mol. The largest absolute Gasteiger partial charge is 0.493 e. The number of ether oxygens (including phenoxy) is 2. The molecular formula is C13H15ClO3. The molecule has 2 rings (SSSR count). The molecule has 1 aliphatic rings. The Bertz CT molecular complexity index is 411. The fraction of sp³-hybridized carbons (Fsp3) is 0.462. The van der Waals surface area contributed by atoms with E-state index in [2.05, 4.69) is 0 Å². The van der Waals surface area contributed by atoms with Gasteiger partial charge in [0.15, 0.2) is 5.78 Å². The number of carbonyl (C=O) groups is 1. The van der Waals surface area contributed by atoms with Gasteiger partial charge in [0.25, 0.3) is 0 Å². The summed E-state index contributed by atoms with van der Waals surface area (Å²) >= 11 is 5.99. The van der Waals surface area contributed by atoms with Crippen molar-refractivity contribution in [3.63, 3.8) is 0 Å². The minimum Gasteiger partial charge on any atom is -0.493 e. The number of Topliss-reactive ketones (excluding diaryl/α,β-unsaturated/α-hetero) is 1. The van der Waals surface area contributed by atoms with Crippen LogP contribution in [0.25, 0.3) is 0 Å². The molecular weight excluding hydrogens is 240 g/mol. The van der Waals surface area contributed by atoms with Gasteiger partial charge in [-0.05, 0) is 31.5 Å². The molecule has 1 aromatic rings. The maximum Gasteiger partial charge on any atom is 0.161 e. The summed E-state index contributed by atoms with van der Waals surface area (Å²) in [5.74, 6) is 1.12. The molecule has 0 radical (unpaired) electrons. The number of hydrogen-bond donors (Lipinski definition) is 0. The summed E-state index contributed by atoms with van der Waals surface area (Å²) in [7, 11) is 0. The maximum atomic E-state index is 11.2. The molecule has 0 N–H and O–H groups in total.